The molecule has 5 nitrogen and oxygen atoms in total. The number of alkyl halides is 2. The summed E-state index contributed by atoms with van der Waals surface area (Å²) in [5, 5.41) is 4.75. The fraction of sp³-hybridized carbons (Fsp3) is 0.600. The van der Waals surface area contributed by atoms with Crippen molar-refractivity contribution in [3.8, 4) is 0 Å². The Labute approximate surface area is 186 Å². The van der Waals surface area contributed by atoms with Gasteiger partial charge in [0.1, 0.15) is 5.60 Å². The van der Waals surface area contributed by atoms with Gasteiger partial charge >= 0.3 is 5.97 Å². The molecule has 1 rings (SSSR count). The molecule has 28 heavy (non-hydrogen) atoms. The van der Waals surface area contributed by atoms with Crippen LogP contribution < -0.4 is 10.1 Å². The molecule has 0 aliphatic rings. The van der Waals surface area contributed by atoms with E-state index in [0.29, 0.717) is 12.7 Å². The first-order valence-electron chi connectivity index (χ1n) is 9.41. The molecule has 1 radical (unpaired) electrons. The Morgan fingerprint density at radius 2 is 1.93 bits per heavy atom. The number of ether oxygens (including phenoxy) is 1. The highest BCUT2D eigenvalue weighted by Crippen LogP contribution is 2.29. The predicted molar refractivity (Wildman–Crippen MR) is 125 cm³/mol. The molecule has 1 atom stereocenters. The molecule has 0 spiro atoms. The molecule has 155 valence electrons. The van der Waals surface area contributed by atoms with E-state index in [1.807, 2.05) is 27.7 Å². The Bertz CT molecular complexity index is 632. The number of esters is 1. The van der Waals surface area contributed by atoms with E-state index in [0.717, 1.165) is 40.6 Å². The maximum absolute atomic E-state index is 12.5. The van der Waals surface area contributed by atoms with Crippen LogP contribution in [0.5, 0.6) is 0 Å². The summed E-state index contributed by atoms with van der Waals surface area (Å²) in [7, 11) is 1.36. The fourth-order valence-electron chi connectivity index (χ4n) is 2.97. The summed E-state index contributed by atoms with van der Waals surface area (Å²) < 4.78 is 5.52. The summed E-state index contributed by atoms with van der Waals surface area (Å²) in [6, 6.07) is 6.35. The molecule has 0 saturated carbocycles. The van der Waals surface area contributed by atoms with Crippen LogP contribution in [0.15, 0.2) is 18.2 Å². The van der Waals surface area contributed by atoms with Crippen LogP contribution in [0, 0.1) is 6.92 Å². The molecule has 0 heterocycles. The minimum Gasteiger partial charge on any atom is -0.460 e. The number of halogens is 2. The normalized spacial score (nSPS) is 12.4. The zero-order valence-corrected chi connectivity index (χ0v) is 20.3. The fourth-order valence-corrected chi connectivity index (χ4v) is 3.83. The van der Waals surface area contributed by atoms with Gasteiger partial charge in [0.25, 0.3) is 7.41 Å². The van der Waals surface area contributed by atoms with Crippen LogP contribution in [0.25, 0.3) is 0 Å². The third-order valence-electron chi connectivity index (χ3n) is 4.16. The zero-order chi connectivity index (χ0) is 21.2. The molecule has 0 bridgehead atoms. The van der Waals surface area contributed by atoms with Crippen molar-refractivity contribution < 1.29 is 14.3 Å². The maximum Gasteiger partial charge on any atom is 0.306 e. The minimum atomic E-state index is -0.524. The number of anilines is 1. The van der Waals surface area contributed by atoms with Gasteiger partial charge in [-0.2, -0.15) is 0 Å². The molecule has 1 unspecified atom stereocenters. The van der Waals surface area contributed by atoms with Crippen LogP contribution in [0.2, 0.25) is 0 Å². The molecule has 0 aliphatic carbocycles. The lowest BCUT2D eigenvalue weighted by Gasteiger charge is -2.27. The number of carbonyl (C=O) groups excluding carboxylic acids is 2. The van der Waals surface area contributed by atoms with E-state index in [1.54, 1.807) is 0 Å². The summed E-state index contributed by atoms with van der Waals surface area (Å²) in [4.78, 5) is 25.4. The Morgan fingerprint density at radius 3 is 2.46 bits per heavy atom. The molecular formula is C20H30BBr2N2O3. The molecule has 0 amide bonds. The van der Waals surface area contributed by atoms with Gasteiger partial charge in [-0.1, -0.05) is 37.9 Å². The van der Waals surface area contributed by atoms with Crippen molar-refractivity contribution in [3.63, 3.8) is 0 Å². The molecule has 8 heteroatoms. The lowest BCUT2D eigenvalue weighted by molar-refractivity contribution is -0.155. The molecule has 1 aromatic carbocycles. The van der Waals surface area contributed by atoms with Crippen LogP contribution in [0.4, 0.5) is 5.69 Å². The van der Waals surface area contributed by atoms with Crippen LogP contribution in [-0.4, -0.2) is 55.5 Å². The number of carbonyl (C=O) groups is 2. The van der Waals surface area contributed by atoms with Crippen molar-refractivity contribution in [2.45, 2.75) is 45.6 Å². The summed E-state index contributed by atoms with van der Waals surface area (Å²) in [5.41, 5.74) is 2.80. The summed E-state index contributed by atoms with van der Waals surface area (Å²) >= 11 is 7.03. The van der Waals surface area contributed by atoms with Gasteiger partial charge in [0.2, 0.25) is 0 Å². The second-order valence-electron chi connectivity index (χ2n) is 7.60. The smallest absolute Gasteiger partial charge is 0.306 e. The molecule has 0 fully saturated rings. The van der Waals surface area contributed by atoms with E-state index in [-0.39, 0.29) is 18.3 Å². The van der Waals surface area contributed by atoms with Gasteiger partial charge in [0, 0.05) is 35.4 Å². The number of hydrogen-bond acceptors (Lipinski definition) is 5. The molecule has 1 aromatic rings. The van der Waals surface area contributed by atoms with E-state index in [9.17, 15) is 9.59 Å². The van der Waals surface area contributed by atoms with E-state index < -0.39 is 5.60 Å². The highest BCUT2D eigenvalue weighted by Gasteiger charge is 2.23. The van der Waals surface area contributed by atoms with Gasteiger partial charge in [-0.3, -0.25) is 4.79 Å². The van der Waals surface area contributed by atoms with Gasteiger partial charge in [-0.05, 0) is 57.5 Å². The van der Waals surface area contributed by atoms with Crippen molar-refractivity contribution >= 4 is 57.1 Å². The Kier molecular flexibility index (Phi) is 11.4. The Balaban J connectivity index is 3.13. The van der Waals surface area contributed by atoms with Crippen molar-refractivity contribution in [2.24, 2.45) is 0 Å². The van der Waals surface area contributed by atoms with Crippen LogP contribution in [-0.2, 0) is 14.3 Å². The lowest BCUT2D eigenvalue weighted by atomic mass is 9.88. The summed E-state index contributed by atoms with van der Waals surface area (Å²) in [5.74, 6) is -0.339. The maximum atomic E-state index is 12.5. The van der Waals surface area contributed by atoms with Gasteiger partial charge in [-0.25, -0.2) is 0 Å². The van der Waals surface area contributed by atoms with Gasteiger partial charge < -0.3 is 19.7 Å². The summed E-state index contributed by atoms with van der Waals surface area (Å²) in [6.45, 7) is 9.90. The van der Waals surface area contributed by atoms with Crippen molar-refractivity contribution in [3.05, 3.63) is 29.3 Å². The monoisotopic (exact) mass is 515 g/mol. The number of benzene rings is 1. The highest BCUT2D eigenvalue weighted by molar-refractivity contribution is 9.09. The summed E-state index contributed by atoms with van der Waals surface area (Å²) in [6.07, 6.45) is 0.958. The molecule has 0 saturated heterocycles. The second-order valence-corrected chi connectivity index (χ2v) is 9.19. The zero-order valence-electron chi connectivity index (χ0n) is 17.1. The van der Waals surface area contributed by atoms with E-state index in [4.69, 9.17) is 4.74 Å². The first kappa shape index (κ1) is 25.2. The predicted octanol–water partition coefficient (Wildman–Crippen LogP) is 3.81. The van der Waals surface area contributed by atoms with E-state index >= 15 is 0 Å². The second kappa shape index (κ2) is 12.7. The minimum absolute atomic E-state index is 0.0965. The molecule has 0 aromatic heterocycles. The van der Waals surface area contributed by atoms with Crippen molar-refractivity contribution in [1.29, 1.82) is 0 Å². The van der Waals surface area contributed by atoms with Crippen molar-refractivity contribution in [2.75, 3.05) is 35.2 Å². The third kappa shape index (κ3) is 9.10. The number of hydrogen-bond donors (Lipinski definition) is 1. The average molecular weight is 517 g/mol. The largest absolute Gasteiger partial charge is 0.460 e. The molecule has 1 N–H and O–H groups in total. The van der Waals surface area contributed by atoms with Crippen LogP contribution in [0.3, 0.4) is 0 Å². The van der Waals surface area contributed by atoms with Gasteiger partial charge in [0.15, 0.2) is 0 Å². The average Bonchev–Trinajstić information content (AvgIpc) is 2.60. The standard InChI is InChI=1S/C20H30BBr2N2O3/c1-15-5-6-17(25(9-7-22)10-8-23)12-18(15)16(13-24-21-14-26)11-19(27)28-20(2,3)4/h5-6,12,14,16,24H,7-11,13H2,1-4H3. The van der Waals surface area contributed by atoms with Gasteiger partial charge in [0.05, 0.1) is 12.6 Å². The van der Waals surface area contributed by atoms with Gasteiger partial charge in [-0.15, -0.1) is 0 Å². The first-order valence-corrected chi connectivity index (χ1v) is 11.7. The highest BCUT2D eigenvalue weighted by atomic mass is 79.9. The topological polar surface area (TPSA) is 58.6 Å². The van der Waals surface area contributed by atoms with Crippen molar-refractivity contribution in [1.82, 2.24) is 5.23 Å². The van der Waals surface area contributed by atoms with E-state index in [1.165, 1.54) is 7.41 Å². The SMILES string of the molecule is Cc1ccc(N(CCBr)CCBr)cc1C(CN[B]C=O)CC(=O)OC(C)(C)C. The number of aryl methyl sites for hydroxylation is 1. The Morgan fingerprint density at radius 1 is 1.29 bits per heavy atom. The van der Waals surface area contributed by atoms with E-state index in [2.05, 4.69) is 60.2 Å². The number of nitrogens with zero attached hydrogens (tertiary/aromatic N) is 1. The lowest BCUT2D eigenvalue weighted by Crippen LogP contribution is -2.31. The number of rotatable bonds is 12. The van der Waals surface area contributed by atoms with Crippen LogP contribution >= 0.6 is 31.9 Å². The molecular weight excluding hydrogens is 487 g/mol. The first-order chi connectivity index (χ1) is 13.2. The molecule has 0 aliphatic heterocycles. The third-order valence-corrected chi connectivity index (χ3v) is 4.87. The number of nitrogens with one attached hydrogen (secondary N) is 1. The Hall–Kier alpha value is -0.855. The quantitative estimate of drug-likeness (QED) is 0.150. The van der Waals surface area contributed by atoms with Crippen LogP contribution in [0.1, 0.15) is 44.2 Å².